The lowest BCUT2D eigenvalue weighted by Gasteiger charge is -2.34. The lowest BCUT2D eigenvalue weighted by molar-refractivity contribution is -0.145. The van der Waals surface area contributed by atoms with Crippen LogP contribution in [0.1, 0.15) is 19.8 Å². The summed E-state index contributed by atoms with van der Waals surface area (Å²) in [6.45, 7) is 3.87. The Kier molecular flexibility index (Phi) is 5.35. The first-order valence-corrected chi connectivity index (χ1v) is 7.91. The first-order valence-electron chi connectivity index (χ1n) is 7.91. The van der Waals surface area contributed by atoms with Crippen molar-refractivity contribution in [2.75, 3.05) is 46.8 Å². The monoisotopic (exact) mass is 324 g/mol. The number of nitrogens with zero attached hydrogens (tertiary/aromatic N) is 4. The van der Waals surface area contributed by atoms with E-state index in [2.05, 4.69) is 0 Å². The van der Waals surface area contributed by atoms with Gasteiger partial charge in [0.2, 0.25) is 17.7 Å². The minimum Gasteiger partial charge on any atom is -0.343 e. The molecule has 0 bridgehead atoms. The number of hydrogen-bond acceptors (Lipinski definition) is 5. The van der Waals surface area contributed by atoms with E-state index in [1.807, 2.05) is 6.92 Å². The molecule has 2 aliphatic rings. The highest BCUT2D eigenvalue weighted by molar-refractivity contribution is 6.06. The van der Waals surface area contributed by atoms with Crippen molar-refractivity contribution in [3.8, 4) is 0 Å². The van der Waals surface area contributed by atoms with Gasteiger partial charge in [0.15, 0.2) is 0 Å². The SMILES string of the molecule is CCCN(C(=O)CN1CCN(C)C(=O)C1)C1CC(=O)N(C)C1=O. The van der Waals surface area contributed by atoms with E-state index in [4.69, 9.17) is 0 Å². The van der Waals surface area contributed by atoms with Crippen molar-refractivity contribution < 1.29 is 19.2 Å². The fourth-order valence-electron chi connectivity index (χ4n) is 2.90. The Balaban J connectivity index is 2.03. The molecule has 4 amide bonds. The molecule has 1 unspecified atom stereocenters. The van der Waals surface area contributed by atoms with Crippen LogP contribution in [0.4, 0.5) is 0 Å². The van der Waals surface area contributed by atoms with Gasteiger partial charge in [0.05, 0.1) is 19.5 Å². The summed E-state index contributed by atoms with van der Waals surface area (Å²) in [4.78, 5) is 54.2. The van der Waals surface area contributed by atoms with Gasteiger partial charge in [-0.1, -0.05) is 6.92 Å². The number of likely N-dealkylation sites (N-methyl/N-ethyl adjacent to an activating group) is 2. The van der Waals surface area contributed by atoms with Crippen LogP contribution in [-0.2, 0) is 19.2 Å². The van der Waals surface area contributed by atoms with E-state index in [0.29, 0.717) is 26.1 Å². The van der Waals surface area contributed by atoms with Crippen LogP contribution in [0.5, 0.6) is 0 Å². The van der Waals surface area contributed by atoms with Crippen molar-refractivity contribution in [2.24, 2.45) is 0 Å². The molecular formula is C15H24N4O4. The quantitative estimate of drug-likeness (QED) is 0.591. The van der Waals surface area contributed by atoms with Crippen LogP contribution in [-0.4, -0.2) is 96.1 Å². The molecular weight excluding hydrogens is 300 g/mol. The van der Waals surface area contributed by atoms with E-state index >= 15 is 0 Å². The van der Waals surface area contributed by atoms with Crippen LogP contribution in [0.2, 0.25) is 0 Å². The summed E-state index contributed by atoms with van der Waals surface area (Å²) in [5, 5.41) is 0. The minimum atomic E-state index is -0.705. The summed E-state index contributed by atoms with van der Waals surface area (Å²) >= 11 is 0. The predicted molar refractivity (Wildman–Crippen MR) is 82.3 cm³/mol. The molecule has 2 fully saturated rings. The zero-order valence-electron chi connectivity index (χ0n) is 13.9. The molecule has 128 valence electrons. The Morgan fingerprint density at radius 1 is 1.17 bits per heavy atom. The minimum absolute atomic E-state index is 0.0158. The van der Waals surface area contributed by atoms with Gasteiger partial charge in [-0.2, -0.15) is 0 Å². The number of amides is 4. The lowest BCUT2D eigenvalue weighted by Crippen LogP contribution is -2.53. The van der Waals surface area contributed by atoms with E-state index in [1.165, 1.54) is 11.9 Å². The fraction of sp³-hybridized carbons (Fsp3) is 0.733. The van der Waals surface area contributed by atoms with Crippen LogP contribution in [0.3, 0.4) is 0 Å². The third-order valence-electron chi connectivity index (χ3n) is 4.41. The summed E-state index contributed by atoms with van der Waals surface area (Å²) < 4.78 is 0. The molecule has 2 saturated heterocycles. The van der Waals surface area contributed by atoms with Crippen LogP contribution in [0.25, 0.3) is 0 Å². The van der Waals surface area contributed by atoms with Gasteiger partial charge < -0.3 is 9.80 Å². The highest BCUT2D eigenvalue weighted by Gasteiger charge is 2.41. The molecule has 0 saturated carbocycles. The van der Waals surface area contributed by atoms with E-state index < -0.39 is 6.04 Å². The molecule has 2 aliphatic heterocycles. The fourth-order valence-corrected chi connectivity index (χ4v) is 2.90. The number of carbonyl (C=O) groups is 4. The molecule has 0 aromatic carbocycles. The van der Waals surface area contributed by atoms with Crippen LogP contribution in [0, 0.1) is 0 Å². The summed E-state index contributed by atoms with van der Waals surface area (Å²) in [6.07, 6.45) is 0.748. The first kappa shape index (κ1) is 17.4. The third-order valence-corrected chi connectivity index (χ3v) is 4.41. The van der Waals surface area contributed by atoms with Crippen molar-refractivity contribution in [3.05, 3.63) is 0 Å². The van der Waals surface area contributed by atoms with Crippen molar-refractivity contribution in [1.29, 1.82) is 0 Å². The van der Waals surface area contributed by atoms with Gasteiger partial charge >= 0.3 is 0 Å². The van der Waals surface area contributed by atoms with Crippen molar-refractivity contribution >= 4 is 23.6 Å². The summed E-state index contributed by atoms with van der Waals surface area (Å²) in [7, 11) is 3.18. The molecule has 0 aromatic heterocycles. The molecule has 8 nitrogen and oxygen atoms in total. The molecule has 23 heavy (non-hydrogen) atoms. The average molecular weight is 324 g/mol. The van der Waals surface area contributed by atoms with Crippen molar-refractivity contribution in [2.45, 2.75) is 25.8 Å². The topological polar surface area (TPSA) is 81.2 Å². The van der Waals surface area contributed by atoms with Gasteiger partial charge in [-0.15, -0.1) is 0 Å². The van der Waals surface area contributed by atoms with Crippen LogP contribution < -0.4 is 0 Å². The van der Waals surface area contributed by atoms with E-state index in [-0.39, 0.29) is 43.1 Å². The second-order valence-corrected chi connectivity index (χ2v) is 6.12. The van der Waals surface area contributed by atoms with E-state index in [9.17, 15) is 19.2 Å². The standard InChI is InChI=1S/C15H24N4O4/c1-4-5-19(11-8-12(20)17(3)15(11)23)14(22)10-18-7-6-16(2)13(21)9-18/h11H,4-10H2,1-3H3. The van der Waals surface area contributed by atoms with E-state index in [0.717, 1.165) is 4.90 Å². The molecule has 0 radical (unpaired) electrons. The number of carbonyl (C=O) groups excluding carboxylic acids is 4. The molecule has 2 rings (SSSR count). The summed E-state index contributed by atoms with van der Waals surface area (Å²) in [6, 6.07) is -0.705. The predicted octanol–water partition coefficient (Wildman–Crippen LogP) is -1.24. The maximum absolute atomic E-state index is 12.6. The van der Waals surface area contributed by atoms with Crippen LogP contribution >= 0.6 is 0 Å². The highest BCUT2D eigenvalue weighted by atomic mass is 16.2. The van der Waals surface area contributed by atoms with Gasteiger partial charge in [-0.25, -0.2) is 0 Å². The number of piperazine rings is 1. The van der Waals surface area contributed by atoms with E-state index in [1.54, 1.807) is 16.8 Å². The highest BCUT2D eigenvalue weighted by Crippen LogP contribution is 2.18. The van der Waals surface area contributed by atoms with Gasteiger partial charge in [0.25, 0.3) is 5.91 Å². The molecule has 0 aromatic rings. The molecule has 0 N–H and O–H groups in total. The number of hydrogen-bond donors (Lipinski definition) is 0. The average Bonchev–Trinajstić information content (AvgIpc) is 2.76. The Labute approximate surface area is 136 Å². The second kappa shape index (κ2) is 7.08. The maximum Gasteiger partial charge on any atom is 0.252 e. The molecule has 8 heteroatoms. The Bertz CT molecular complexity index is 522. The second-order valence-electron chi connectivity index (χ2n) is 6.12. The number of imide groups is 1. The summed E-state index contributed by atoms with van der Waals surface area (Å²) in [5.41, 5.74) is 0. The lowest BCUT2D eigenvalue weighted by atomic mass is 10.2. The normalized spacial score (nSPS) is 22.9. The zero-order chi connectivity index (χ0) is 17.1. The molecule has 2 heterocycles. The largest absolute Gasteiger partial charge is 0.343 e. The number of rotatable bonds is 5. The Morgan fingerprint density at radius 2 is 1.87 bits per heavy atom. The van der Waals surface area contributed by atoms with Gasteiger partial charge in [0, 0.05) is 33.7 Å². The maximum atomic E-state index is 12.6. The molecule has 0 aliphatic carbocycles. The van der Waals surface area contributed by atoms with Crippen molar-refractivity contribution in [3.63, 3.8) is 0 Å². The zero-order valence-corrected chi connectivity index (χ0v) is 13.9. The Hall–Kier alpha value is -1.96. The smallest absolute Gasteiger partial charge is 0.252 e. The molecule has 0 spiro atoms. The third kappa shape index (κ3) is 3.69. The van der Waals surface area contributed by atoms with Gasteiger partial charge in [-0.05, 0) is 6.42 Å². The molecule has 1 atom stereocenters. The number of likely N-dealkylation sites (tertiary alicyclic amines) is 1. The van der Waals surface area contributed by atoms with Crippen LogP contribution in [0.15, 0.2) is 0 Å². The first-order chi connectivity index (χ1) is 10.8. The van der Waals surface area contributed by atoms with Crippen molar-refractivity contribution in [1.82, 2.24) is 19.6 Å². The van der Waals surface area contributed by atoms with Gasteiger partial charge in [0.1, 0.15) is 6.04 Å². The summed E-state index contributed by atoms with van der Waals surface area (Å²) in [5.74, 6) is -0.807. The Morgan fingerprint density at radius 3 is 2.39 bits per heavy atom. The van der Waals surface area contributed by atoms with Gasteiger partial charge in [-0.3, -0.25) is 29.0 Å².